The van der Waals surface area contributed by atoms with Gasteiger partial charge < -0.3 is 15.0 Å². The topological polar surface area (TPSA) is 113 Å². The van der Waals surface area contributed by atoms with Crippen LogP contribution >= 0.6 is 11.6 Å². The Morgan fingerprint density at radius 1 is 1.09 bits per heavy atom. The summed E-state index contributed by atoms with van der Waals surface area (Å²) in [7, 11) is -3.75. The molecule has 1 N–H and O–H groups in total. The smallest absolute Gasteiger partial charge is 0.410 e. The molecule has 2 aromatic carbocycles. The second kappa shape index (κ2) is 8.98. The van der Waals surface area contributed by atoms with E-state index in [0.29, 0.717) is 5.02 Å². The normalized spacial score (nSPS) is 18.3. The fraction of sp³-hybridized carbons (Fsp3) is 0.458. The van der Waals surface area contributed by atoms with Crippen LogP contribution < -0.4 is 5.32 Å². The van der Waals surface area contributed by atoms with Crippen LogP contribution in [0.1, 0.15) is 33.6 Å². The molecule has 4 rings (SSSR count). The van der Waals surface area contributed by atoms with Gasteiger partial charge in [-0.3, -0.25) is 9.69 Å². The van der Waals surface area contributed by atoms with Crippen LogP contribution in [-0.2, 0) is 19.4 Å². The van der Waals surface area contributed by atoms with Crippen molar-refractivity contribution in [1.82, 2.24) is 15.1 Å². The summed E-state index contributed by atoms with van der Waals surface area (Å²) >= 11 is 5.99. The minimum atomic E-state index is -3.75. The van der Waals surface area contributed by atoms with Gasteiger partial charge in [0.1, 0.15) is 11.1 Å². The van der Waals surface area contributed by atoms with Crippen LogP contribution in [0.25, 0.3) is 10.8 Å². The van der Waals surface area contributed by atoms with Crippen LogP contribution in [0.3, 0.4) is 0 Å². The minimum Gasteiger partial charge on any atom is -0.444 e. The van der Waals surface area contributed by atoms with E-state index < -0.39 is 44.8 Å². The number of fused-ring (bicyclic) bond motifs is 1. The molecule has 0 unspecified atom stereocenters. The van der Waals surface area contributed by atoms with E-state index in [2.05, 4.69) is 5.32 Å². The molecule has 4 amide bonds. The monoisotopic (exact) mass is 521 g/mol. The first-order valence-electron chi connectivity index (χ1n) is 11.3. The van der Waals surface area contributed by atoms with Crippen LogP contribution in [0, 0.1) is 0 Å². The molecule has 2 saturated heterocycles. The van der Waals surface area contributed by atoms with Gasteiger partial charge in [0, 0.05) is 24.7 Å². The average molecular weight is 522 g/mol. The number of ether oxygens (including phenoxy) is 1. The highest BCUT2D eigenvalue weighted by Crippen LogP contribution is 2.30. The van der Waals surface area contributed by atoms with Crippen molar-refractivity contribution in [2.75, 3.05) is 25.4 Å². The van der Waals surface area contributed by atoms with Crippen LogP contribution in [0.2, 0.25) is 5.02 Å². The molecule has 11 heteroatoms. The summed E-state index contributed by atoms with van der Waals surface area (Å²) in [5.41, 5.74) is -1.77. The lowest BCUT2D eigenvalue weighted by molar-refractivity contribution is -0.132. The third-order valence-corrected chi connectivity index (χ3v) is 8.16. The lowest BCUT2D eigenvalue weighted by Gasteiger charge is -2.37. The number of imide groups is 1. The number of carbonyl (C=O) groups excluding carboxylic acids is 3. The summed E-state index contributed by atoms with van der Waals surface area (Å²) in [5.74, 6) is -0.861. The molecule has 35 heavy (non-hydrogen) atoms. The third-order valence-electron chi connectivity index (χ3n) is 6.23. The fourth-order valence-electron chi connectivity index (χ4n) is 4.33. The fourth-order valence-corrected chi connectivity index (χ4v) is 5.75. The minimum absolute atomic E-state index is 0.111. The first-order valence-corrected chi connectivity index (χ1v) is 13.4. The number of rotatable bonds is 4. The Balaban J connectivity index is 1.41. The predicted molar refractivity (Wildman–Crippen MR) is 131 cm³/mol. The lowest BCUT2D eigenvalue weighted by atomic mass is 9.87. The largest absolute Gasteiger partial charge is 0.444 e. The maximum Gasteiger partial charge on any atom is 0.410 e. The average Bonchev–Trinajstić information content (AvgIpc) is 3.00. The SMILES string of the molecule is CC(C)(C)OC(=O)N1CCC2(CC1)NC(=O)N(CCS(=O)(=O)c1ccc3cc(Cl)ccc3c1)C2=O. The highest BCUT2D eigenvalue weighted by molar-refractivity contribution is 7.91. The Morgan fingerprint density at radius 3 is 2.37 bits per heavy atom. The number of urea groups is 1. The van der Waals surface area contributed by atoms with E-state index in [1.165, 1.54) is 11.0 Å². The van der Waals surface area contributed by atoms with Crippen molar-refractivity contribution in [2.24, 2.45) is 0 Å². The van der Waals surface area contributed by atoms with Gasteiger partial charge in [0.05, 0.1) is 10.6 Å². The Kier molecular flexibility index (Phi) is 6.48. The number of hydrogen-bond acceptors (Lipinski definition) is 6. The quantitative estimate of drug-likeness (QED) is 0.615. The van der Waals surface area contributed by atoms with Gasteiger partial charge in [0.25, 0.3) is 5.91 Å². The van der Waals surface area contributed by atoms with Crippen molar-refractivity contribution in [3.8, 4) is 0 Å². The molecule has 2 fully saturated rings. The summed E-state index contributed by atoms with van der Waals surface area (Å²) in [4.78, 5) is 40.7. The van der Waals surface area contributed by atoms with Crippen molar-refractivity contribution in [3.05, 3.63) is 41.4 Å². The molecule has 0 radical (unpaired) electrons. The van der Waals surface area contributed by atoms with E-state index in [1.807, 2.05) is 0 Å². The Morgan fingerprint density at radius 2 is 1.71 bits per heavy atom. The zero-order chi connectivity index (χ0) is 25.6. The number of nitrogens with one attached hydrogen (secondary N) is 1. The van der Waals surface area contributed by atoms with Crippen molar-refractivity contribution >= 4 is 50.2 Å². The van der Waals surface area contributed by atoms with Crippen LogP contribution in [0.15, 0.2) is 41.3 Å². The molecular weight excluding hydrogens is 494 g/mol. The predicted octanol–water partition coefficient (Wildman–Crippen LogP) is 3.59. The molecule has 2 aliphatic rings. The molecule has 1 spiro atoms. The standard InChI is InChI=1S/C24H28ClN3O6S/c1-23(2,3)34-22(31)27-10-8-24(9-11-27)20(29)28(21(30)26-24)12-13-35(32,33)19-7-5-16-14-18(25)6-4-17(16)15-19/h4-7,14-15H,8-13H2,1-3H3,(H,26,30). The van der Waals surface area contributed by atoms with E-state index in [-0.39, 0.29) is 37.4 Å². The number of piperidine rings is 1. The third kappa shape index (κ3) is 5.23. The number of nitrogens with zero attached hydrogens (tertiary/aromatic N) is 2. The summed E-state index contributed by atoms with van der Waals surface area (Å²) in [6, 6.07) is 9.27. The molecule has 188 valence electrons. The number of carbonyl (C=O) groups is 3. The number of sulfone groups is 1. The van der Waals surface area contributed by atoms with Gasteiger partial charge in [0.15, 0.2) is 9.84 Å². The molecule has 0 saturated carbocycles. The molecule has 2 aliphatic heterocycles. The highest BCUT2D eigenvalue weighted by Gasteiger charge is 2.53. The van der Waals surface area contributed by atoms with Crippen LogP contribution in [0.4, 0.5) is 9.59 Å². The van der Waals surface area contributed by atoms with Crippen molar-refractivity contribution in [2.45, 2.75) is 49.6 Å². The van der Waals surface area contributed by atoms with Gasteiger partial charge in [-0.2, -0.15) is 0 Å². The second-order valence-corrected chi connectivity index (χ2v) is 12.5. The Hall–Kier alpha value is -2.85. The molecule has 2 heterocycles. The van der Waals surface area contributed by atoms with Gasteiger partial charge in [-0.25, -0.2) is 18.0 Å². The number of benzene rings is 2. The molecule has 0 aromatic heterocycles. The summed E-state index contributed by atoms with van der Waals surface area (Å²) < 4.78 is 31.3. The maximum absolute atomic E-state index is 13.2. The number of amides is 4. The molecule has 2 aromatic rings. The van der Waals surface area contributed by atoms with Crippen LogP contribution in [-0.4, -0.2) is 72.8 Å². The van der Waals surface area contributed by atoms with Crippen molar-refractivity contribution in [1.29, 1.82) is 0 Å². The zero-order valence-corrected chi connectivity index (χ0v) is 21.4. The molecule has 9 nitrogen and oxygen atoms in total. The molecular formula is C24H28ClN3O6S. The van der Waals surface area contributed by atoms with Gasteiger partial charge in [0.2, 0.25) is 0 Å². The van der Waals surface area contributed by atoms with E-state index >= 15 is 0 Å². The zero-order valence-electron chi connectivity index (χ0n) is 19.8. The number of hydrogen-bond donors (Lipinski definition) is 1. The summed E-state index contributed by atoms with van der Waals surface area (Å²) in [6.45, 7) is 5.55. The van der Waals surface area contributed by atoms with Crippen LogP contribution in [0.5, 0.6) is 0 Å². The van der Waals surface area contributed by atoms with E-state index in [9.17, 15) is 22.8 Å². The van der Waals surface area contributed by atoms with Crippen molar-refractivity contribution < 1.29 is 27.5 Å². The highest BCUT2D eigenvalue weighted by atomic mass is 35.5. The van der Waals surface area contributed by atoms with Gasteiger partial charge in [-0.15, -0.1) is 0 Å². The van der Waals surface area contributed by atoms with E-state index in [4.69, 9.17) is 16.3 Å². The summed E-state index contributed by atoms with van der Waals surface area (Å²) in [6.07, 6.45) is -0.00891. The Labute approximate surface area is 209 Å². The molecule has 0 atom stereocenters. The van der Waals surface area contributed by atoms with Crippen molar-refractivity contribution in [3.63, 3.8) is 0 Å². The number of likely N-dealkylation sites (tertiary alicyclic amines) is 1. The molecule has 0 bridgehead atoms. The van der Waals surface area contributed by atoms with Gasteiger partial charge in [-0.1, -0.05) is 23.7 Å². The number of halogens is 1. The second-order valence-electron chi connectivity index (χ2n) is 9.91. The summed E-state index contributed by atoms with van der Waals surface area (Å²) in [5, 5.41) is 4.82. The van der Waals surface area contributed by atoms with Gasteiger partial charge in [-0.05, 0) is 68.7 Å². The van der Waals surface area contributed by atoms with E-state index in [1.54, 1.807) is 51.1 Å². The first kappa shape index (κ1) is 25.2. The lowest BCUT2D eigenvalue weighted by Crippen LogP contribution is -2.56. The maximum atomic E-state index is 13.2. The van der Waals surface area contributed by atoms with E-state index in [0.717, 1.165) is 15.7 Å². The first-order chi connectivity index (χ1) is 16.3. The Bertz CT molecular complexity index is 1300. The van der Waals surface area contributed by atoms with Gasteiger partial charge >= 0.3 is 12.1 Å². The molecule has 0 aliphatic carbocycles.